The van der Waals surface area contributed by atoms with Crippen LogP contribution >= 0.6 is 0 Å². The zero-order valence-corrected chi connectivity index (χ0v) is 15.3. The van der Waals surface area contributed by atoms with E-state index < -0.39 is 0 Å². The van der Waals surface area contributed by atoms with Gasteiger partial charge in [-0.15, -0.1) is 0 Å². The van der Waals surface area contributed by atoms with E-state index in [1.807, 2.05) is 26.0 Å². The summed E-state index contributed by atoms with van der Waals surface area (Å²) >= 11 is 0. The van der Waals surface area contributed by atoms with E-state index in [0.717, 1.165) is 11.3 Å². The number of nitrogens with one attached hydrogen (secondary N) is 1. The van der Waals surface area contributed by atoms with Crippen LogP contribution in [-0.4, -0.2) is 49.7 Å². The summed E-state index contributed by atoms with van der Waals surface area (Å²) in [5, 5.41) is 2.92. The van der Waals surface area contributed by atoms with Gasteiger partial charge in [0.1, 0.15) is 12.4 Å². The third-order valence-corrected chi connectivity index (χ3v) is 4.38. The molecule has 1 aromatic carbocycles. The van der Waals surface area contributed by atoms with E-state index in [1.54, 1.807) is 11.8 Å². The second kappa shape index (κ2) is 9.30. The fourth-order valence-electron chi connectivity index (χ4n) is 2.98. The largest absolute Gasteiger partial charge is 0.491 e. The SMILES string of the molecule is CCOC(=O)N1CCC(C(=O)NCCOc2ccc(C)cc2C)CC1. The standard InChI is InChI=1S/C19H28N2O4/c1-4-24-19(23)21-10-7-16(8-11-21)18(22)20-9-12-25-17-6-5-14(2)13-15(17)3/h5-6,13,16H,4,7-12H2,1-3H3,(H,20,22). The van der Waals surface area contributed by atoms with Gasteiger partial charge in [-0.3, -0.25) is 4.79 Å². The molecule has 0 spiro atoms. The van der Waals surface area contributed by atoms with Crippen molar-refractivity contribution < 1.29 is 19.1 Å². The number of amides is 2. The minimum absolute atomic E-state index is 0.0349. The number of carbonyl (C=O) groups excluding carboxylic acids is 2. The highest BCUT2D eigenvalue weighted by atomic mass is 16.6. The smallest absolute Gasteiger partial charge is 0.409 e. The highest BCUT2D eigenvalue weighted by Gasteiger charge is 2.27. The van der Waals surface area contributed by atoms with Crippen molar-refractivity contribution in [3.8, 4) is 5.75 Å². The molecule has 1 N–H and O–H groups in total. The lowest BCUT2D eigenvalue weighted by Crippen LogP contribution is -2.43. The number of hydrogen-bond donors (Lipinski definition) is 1. The summed E-state index contributed by atoms with van der Waals surface area (Å²) in [4.78, 5) is 25.5. The monoisotopic (exact) mass is 348 g/mol. The normalized spacial score (nSPS) is 14.9. The summed E-state index contributed by atoms with van der Waals surface area (Å²) in [7, 11) is 0. The van der Waals surface area contributed by atoms with Crippen molar-refractivity contribution >= 4 is 12.0 Å². The first-order valence-electron chi connectivity index (χ1n) is 8.90. The molecule has 0 aliphatic carbocycles. The lowest BCUT2D eigenvalue weighted by molar-refractivity contribution is -0.126. The second-order valence-electron chi connectivity index (χ2n) is 6.37. The molecule has 0 saturated carbocycles. The number of ether oxygens (including phenoxy) is 2. The number of rotatable bonds is 6. The second-order valence-corrected chi connectivity index (χ2v) is 6.37. The van der Waals surface area contributed by atoms with E-state index in [-0.39, 0.29) is 17.9 Å². The molecule has 0 radical (unpaired) electrons. The molecule has 25 heavy (non-hydrogen) atoms. The van der Waals surface area contributed by atoms with E-state index in [4.69, 9.17) is 9.47 Å². The Morgan fingerprint density at radius 3 is 2.60 bits per heavy atom. The number of likely N-dealkylation sites (tertiary alicyclic amines) is 1. The Kier molecular flexibility index (Phi) is 7.10. The van der Waals surface area contributed by atoms with Gasteiger partial charge in [0, 0.05) is 19.0 Å². The number of aryl methyl sites for hydroxylation is 2. The van der Waals surface area contributed by atoms with E-state index >= 15 is 0 Å². The highest BCUT2D eigenvalue weighted by Crippen LogP contribution is 2.19. The van der Waals surface area contributed by atoms with Gasteiger partial charge in [0.15, 0.2) is 0 Å². The lowest BCUT2D eigenvalue weighted by atomic mass is 9.96. The summed E-state index contributed by atoms with van der Waals surface area (Å²) in [5.41, 5.74) is 2.30. The quantitative estimate of drug-likeness (QED) is 0.803. The average molecular weight is 348 g/mol. The van der Waals surface area contributed by atoms with Gasteiger partial charge in [-0.05, 0) is 45.2 Å². The molecule has 1 aliphatic rings. The van der Waals surface area contributed by atoms with Crippen LogP contribution in [0.15, 0.2) is 18.2 Å². The first kappa shape index (κ1) is 19.1. The van der Waals surface area contributed by atoms with Crippen molar-refractivity contribution in [2.45, 2.75) is 33.6 Å². The Hall–Kier alpha value is -2.24. The first-order valence-corrected chi connectivity index (χ1v) is 8.90. The summed E-state index contributed by atoms with van der Waals surface area (Å²) < 4.78 is 10.7. The fourth-order valence-corrected chi connectivity index (χ4v) is 2.98. The Morgan fingerprint density at radius 2 is 1.96 bits per heavy atom. The molecule has 1 saturated heterocycles. The Morgan fingerprint density at radius 1 is 1.24 bits per heavy atom. The maximum Gasteiger partial charge on any atom is 0.409 e. The summed E-state index contributed by atoms with van der Waals surface area (Å²) in [5.74, 6) is 0.835. The zero-order valence-electron chi connectivity index (χ0n) is 15.3. The summed E-state index contributed by atoms with van der Waals surface area (Å²) in [6, 6.07) is 6.04. The predicted octanol–water partition coefficient (Wildman–Crippen LogP) is 2.67. The number of carbonyl (C=O) groups is 2. The molecule has 1 aromatic rings. The van der Waals surface area contributed by atoms with Gasteiger partial charge in [0.05, 0.1) is 13.2 Å². The van der Waals surface area contributed by atoms with Crippen LogP contribution in [-0.2, 0) is 9.53 Å². The minimum Gasteiger partial charge on any atom is -0.491 e. The lowest BCUT2D eigenvalue weighted by Gasteiger charge is -2.30. The van der Waals surface area contributed by atoms with Crippen molar-refractivity contribution in [1.82, 2.24) is 10.2 Å². The third kappa shape index (κ3) is 5.66. The molecule has 1 aliphatic heterocycles. The van der Waals surface area contributed by atoms with Crippen LogP contribution in [0.5, 0.6) is 5.75 Å². The molecule has 1 fully saturated rings. The Bertz CT molecular complexity index is 595. The van der Waals surface area contributed by atoms with Crippen LogP contribution < -0.4 is 10.1 Å². The number of nitrogens with zero attached hydrogens (tertiary/aromatic N) is 1. The topological polar surface area (TPSA) is 67.9 Å². The Balaban J connectivity index is 1.67. The molecule has 6 heteroatoms. The number of hydrogen-bond acceptors (Lipinski definition) is 4. The van der Waals surface area contributed by atoms with Gasteiger partial charge in [-0.25, -0.2) is 4.79 Å². The molecule has 6 nitrogen and oxygen atoms in total. The van der Waals surface area contributed by atoms with Crippen LogP contribution in [0.25, 0.3) is 0 Å². The van der Waals surface area contributed by atoms with Gasteiger partial charge in [0.25, 0.3) is 0 Å². The molecule has 1 heterocycles. The maximum absolute atomic E-state index is 12.2. The molecule has 2 rings (SSSR count). The van der Waals surface area contributed by atoms with Crippen LogP contribution in [0, 0.1) is 19.8 Å². The Labute approximate surface area is 149 Å². The molecule has 0 unspecified atom stereocenters. The van der Waals surface area contributed by atoms with Gasteiger partial charge in [-0.1, -0.05) is 17.7 Å². The molecule has 0 aromatic heterocycles. The van der Waals surface area contributed by atoms with Crippen molar-refractivity contribution in [1.29, 1.82) is 0 Å². The fraction of sp³-hybridized carbons (Fsp3) is 0.579. The molecular weight excluding hydrogens is 320 g/mol. The van der Waals surface area contributed by atoms with Crippen LogP contribution in [0.1, 0.15) is 30.9 Å². The molecule has 138 valence electrons. The number of benzene rings is 1. The van der Waals surface area contributed by atoms with Crippen LogP contribution in [0.2, 0.25) is 0 Å². The number of piperidine rings is 1. The highest BCUT2D eigenvalue weighted by molar-refractivity contribution is 5.79. The molecule has 0 atom stereocenters. The molecule has 2 amide bonds. The van der Waals surface area contributed by atoms with E-state index in [1.165, 1.54) is 5.56 Å². The van der Waals surface area contributed by atoms with Gasteiger partial charge >= 0.3 is 6.09 Å². The predicted molar refractivity (Wildman–Crippen MR) is 95.7 cm³/mol. The van der Waals surface area contributed by atoms with Gasteiger partial charge in [-0.2, -0.15) is 0 Å². The van der Waals surface area contributed by atoms with Crippen molar-refractivity contribution in [3.05, 3.63) is 29.3 Å². The van der Waals surface area contributed by atoms with Crippen molar-refractivity contribution in [2.75, 3.05) is 32.8 Å². The third-order valence-electron chi connectivity index (χ3n) is 4.38. The average Bonchev–Trinajstić information content (AvgIpc) is 2.60. The van der Waals surface area contributed by atoms with Crippen molar-refractivity contribution in [2.24, 2.45) is 5.92 Å². The van der Waals surface area contributed by atoms with E-state index in [2.05, 4.69) is 11.4 Å². The van der Waals surface area contributed by atoms with Crippen LogP contribution in [0.3, 0.4) is 0 Å². The van der Waals surface area contributed by atoms with Gasteiger partial charge in [0.2, 0.25) is 5.91 Å². The zero-order chi connectivity index (χ0) is 18.2. The van der Waals surface area contributed by atoms with Crippen molar-refractivity contribution in [3.63, 3.8) is 0 Å². The minimum atomic E-state index is -0.289. The maximum atomic E-state index is 12.2. The molecule has 0 bridgehead atoms. The van der Waals surface area contributed by atoms with E-state index in [9.17, 15) is 9.59 Å². The summed E-state index contributed by atoms with van der Waals surface area (Å²) in [6.45, 7) is 8.27. The summed E-state index contributed by atoms with van der Waals surface area (Å²) in [6.07, 6.45) is 1.05. The van der Waals surface area contributed by atoms with Crippen LogP contribution in [0.4, 0.5) is 4.79 Å². The molecular formula is C19H28N2O4. The van der Waals surface area contributed by atoms with E-state index in [0.29, 0.717) is 45.7 Å². The first-order chi connectivity index (χ1) is 12.0. The van der Waals surface area contributed by atoms with Gasteiger partial charge < -0.3 is 19.7 Å².